The Kier molecular flexibility index (Phi) is 7.15. The van der Waals surface area contributed by atoms with E-state index in [0.717, 1.165) is 30.3 Å². The maximum Gasteiger partial charge on any atom is 0.349 e. The number of hydrogen-bond acceptors (Lipinski definition) is 6. The molecule has 2 fully saturated rings. The Hall–Kier alpha value is -2.03. The summed E-state index contributed by atoms with van der Waals surface area (Å²) in [5, 5.41) is 15.4. The Labute approximate surface area is 215 Å². The molecule has 5 nitrogen and oxygen atoms in total. The van der Waals surface area contributed by atoms with Gasteiger partial charge < -0.3 is 19.1 Å². The number of aliphatic hydroxyl groups is 1. The summed E-state index contributed by atoms with van der Waals surface area (Å²) in [5.41, 5.74) is -0.552. The highest BCUT2D eigenvalue weighted by Crippen LogP contribution is 2.50. The molecule has 7 heteroatoms. The van der Waals surface area contributed by atoms with Gasteiger partial charge in [0.05, 0.1) is 43.1 Å². The van der Waals surface area contributed by atoms with Crippen LogP contribution >= 0.6 is 22.7 Å². The van der Waals surface area contributed by atoms with Crippen molar-refractivity contribution in [1.29, 1.82) is 0 Å². The Morgan fingerprint density at radius 3 is 2.34 bits per heavy atom. The van der Waals surface area contributed by atoms with Crippen LogP contribution in [0, 0.1) is 11.8 Å². The second-order valence-corrected chi connectivity index (χ2v) is 12.3. The van der Waals surface area contributed by atoms with Gasteiger partial charge in [0, 0.05) is 18.3 Å². The number of rotatable bonds is 10. The van der Waals surface area contributed by atoms with Crippen LogP contribution in [-0.4, -0.2) is 55.0 Å². The molecule has 3 aromatic rings. The van der Waals surface area contributed by atoms with Gasteiger partial charge in [0.15, 0.2) is 0 Å². The van der Waals surface area contributed by atoms with Crippen molar-refractivity contribution in [2.24, 2.45) is 11.8 Å². The third-order valence-corrected chi connectivity index (χ3v) is 9.87. The molecule has 2 saturated carbocycles. The molecule has 4 atom stereocenters. The van der Waals surface area contributed by atoms with E-state index in [1.165, 1.54) is 28.2 Å². The van der Waals surface area contributed by atoms with Crippen molar-refractivity contribution in [3.8, 4) is 0 Å². The third kappa shape index (κ3) is 4.85. The number of carbonyl (C=O) groups excluding carboxylic acids is 1. The van der Waals surface area contributed by atoms with E-state index in [-0.39, 0.29) is 6.10 Å². The summed E-state index contributed by atoms with van der Waals surface area (Å²) in [5.74, 6) is 0.123. The van der Waals surface area contributed by atoms with Crippen LogP contribution in [0.4, 0.5) is 0 Å². The predicted molar refractivity (Wildman–Crippen MR) is 139 cm³/mol. The first-order valence-electron chi connectivity index (χ1n) is 12.4. The van der Waals surface area contributed by atoms with Gasteiger partial charge in [0.25, 0.3) is 0 Å². The van der Waals surface area contributed by atoms with Crippen LogP contribution in [0.1, 0.15) is 34.6 Å². The van der Waals surface area contributed by atoms with Gasteiger partial charge in [-0.05, 0) is 41.3 Å². The Balaban J connectivity index is 1.24. The zero-order chi connectivity index (χ0) is 24.5. The minimum Gasteiger partial charge on any atom is -0.459 e. The van der Waals surface area contributed by atoms with Crippen LogP contribution in [0.25, 0.3) is 0 Å². The molecule has 2 heterocycles. The molecule has 0 radical (unpaired) electrons. The summed E-state index contributed by atoms with van der Waals surface area (Å²) < 4.78 is 13.0. The number of benzene rings is 1. The second-order valence-electron chi connectivity index (χ2n) is 10.4. The number of fused-ring (bicyclic) bond motifs is 2. The molecule has 1 aromatic carbocycles. The molecule has 0 saturated heterocycles. The summed E-state index contributed by atoms with van der Waals surface area (Å²) in [6, 6.07) is 18.0. The summed E-state index contributed by atoms with van der Waals surface area (Å²) in [7, 11) is 4.54. The standard InChI is InChI=1S/C28H34NO4S2/c1-29(2,14-15-32-19-20-8-4-3-5-9-20)23-18-21-12-13-22(23)26(21)33-27(30)28(31,24-10-6-16-34-24)25-11-7-17-35-25/h3-11,16-17,21-23,26,31H,12-15,18-19H2,1-2H3/q+1/t21?,22?,23-,26?/m0/s1. The molecule has 3 unspecified atom stereocenters. The Morgan fingerprint density at radius 1 is 1.03 bits per heavy atom. The molecule has 2 aliphatic carbocycles. The lowest BCUT2D eigenvalue weighted by molar-refractivity contribution is -0.919. The predicted octanol–water partition coefficient (Wildman–Crippen LogP) is 5.05. The van der Waals surface area contributed by atoms with Crippen LogP contribution in [0.5, 0.6) is 0 Å². The van der Waals surface area contributed by atoms with Crippen molar-refractivity contribution in [1.82, 2.24) is 0 Å². The molecule has 1 N–H and O–H groups in total. The van der Waals surface area contributed by atoms with Crippen LogP contribution < -0.4 is 0 Å². The highest BCUT2D eigenvalue weighted by Gasteiger charge is 2.57. The topological polar surface area (TPSA) is 55.8 Å². The lowest BCUT2D eigenvalue weighted by Crippen LogP contribution is -2.53. The monoisotopic (exact) mass is 512 g/mol. The van der Waals surface area contributed by atoms with Gasteiger partial charge in [-0.3, -0.25) is 0 Å². The van der Waals surface area contributed by atoms with Crippen LogP contribution in [0.3, 0.4) is 0 Å². The number of quaternary nitrogens is 1. The first-order chi connectivity index (χ1) is 16.9. The molecular weight excluding hydrogens is 478 g/mol. The van der Waals surface area contributed by atoms with E-state index in [2.05, 4.69) is 26.2 Å². The first kappa shape index (κ1) is 24.7. The second kappa shape index (κ2) is 10.1. The SMILES string of the molecule is C[N+](C)(CCOCc1ccccc1)[C@H]1CC2CCC1C2OC(=O)C(O)(c1cccs1)c1cccs1. The molecule has 2 aromatic heterocycles. The van der Waals surface area contributed by atoms with Gasteiger partial charge in [0.2, 0.25) is 5.60 Å². The van der Waals surface area contributed by atoms with Crippen molar-refractivity contribution in [3.63, 3.8) is 0 Å². The average Bonchev–Trinajstić information content (AvgIpc) is 3.68. The summed E-state index contributed by atoms with van der Waals surface area (Å²) in [4.78, 5) is 14.8. The zero-order valence-corrected chi connectivity index (χ0v) is 22.0. The van der Waals surface area contributed by atoms with Gasteiger partial charge in [0.1, 0.15) is 12.6 Å². The molecular formula is C28H34NO4S2+. The molecule has 0 spiro atoms. The number of thiophene rings is 2. The average molecular weight is 513 g/mol. The van der Waals surface area contributed by atoms with E-state index < -0.39 is 11.6 Å². The van der Waals surface area contributed by atoms with Crippen molar-refractivity contribution in [2.45, 2.75) is 43.6 Å². The molecule has 2 bridgehead atoms. The molecule has 5 rings (SSSR count). The fraction of sp³-hybridized carbons (Fsp3) is 0.464. The molecule has 0 aliphatic heterocycles. The van der Waals surface area contributed by atoms with Crippen molar-refractivity contribution < 1.29 is 23.9 Å². The van der Waals surface area contributed by atoms with Crippen LogP contribution in [-0.2, 0) is 26.5 Å². The number of ether oxygens (including phenoxy) is 2. The van der Waals surface area contributed by atoms with E-state index in [1.54, 1.807) is 0 Å². The third-order valence-electron chi connectivity index (χ3n) is 7.91. The number of esters is 1. The quantitative estimate of drug-likeness (QED) is 0.235. The number of likely N-dealkylation sites (N-methyl/N-ethyl adjacent to an activating group) is 1. The summed E-state index contributed by atoms with van der Waals surface area (Å²) >= 11 is 2.77. The minimum absolute atomic E-state index is 0.137. The molecule has 0 amide bonds. The Morgan fingerprint density at radius 2 is 1.71 bits per heavy atom. The van der Waals surface area contributed by atoms with E-state index >= 15 is 0 Å². The van der Waals surface area contributed by atoms with Crippen LogP contribution in [0.2, 0.25) is 0 Å². The fourth-order valence-electron chi connectivity index (χ4n) is 5.95. The molecule has 186 valence electrons. The largest absolute Gasteiger partial charge is 0.459 e. The van der Waals surface area contributed by atoms with Gasteiger partial charge in [-0.25, -0.2) is 4.79 Å². The number of hydrogen-bond donors (Lipinski definition) is 1. The number of nitrogens with zero attached hydrogens (tertiary/aromatic N) is 1. The highest BCUT2D eigenvalue weighted by molar-refractivity contribution is 7.12. The molecule has 2 aliphatic rings. The summed E-state index contributed by atoms with van der Waals surface area (Å²) in [6.45, 7) is 2.23. The van der Waals surface area contributed by atoms with Gasteiger partial charge in [-0.2, -0.15) is 0 Å². The lowest BCUT2D eigenvalue weighted by atomic mass is 9.93. The fourth-order valence-corrected chi connectivity index (χ4v) is 7.66. The van der Waals surface area contributed by atoms with E-state index in [1.807, 2.05) is 53.2 Å². The van der Waals surface area contributed by atoms with Gasteiger partial charge in [-0.15, -0.1) is 22.7 Å². The lowest BCUT2D eigenvalue weighted by Gasteiger charge is -2.40. The van der Waals surface area contributed by atoms with E-state index in [9.17, 15) is 9.90 Å². The number of carbonyl (C=O) groups is 1. The van der Waals surface area contributed by atoms with Crippen molar-refractivity contribution in [3.05, 3.63) is 80.7 Å². The minimum atomic E-state index is -1.74. The van der Waals surface area contributed by atoms with Gasteiger partial charge >= 0.3 is 5.97 Å². The van der Waals surface area contributed by atoms with Crippen LogP contribution in [0.15, 0.2) is 65.4 Å². The maximum absolute atomic E-state index is 13.6. The first-order valence-corrected chi connectivity index (χ1v) is 14.1. The van der Waals surface area contributed by atoms with Crippen molar-refractivity contribution >= 4 is 28.6 Å². The van der Waals surface area contributed by atoms with E-state index in [0.29, 0.717) is 40.8 Å². The van der Waals surface area contributed by atoms with Crippen molar-refractivity contribution in [2.75, 3.05) is 27.2 Å². The zero-order valence-electron chi connectivity index (χ0n) is 20.3. The summed E-state index contributed by atoms with van der Waals surface area (Å²) in [6.07, 6.45) is 3.06. The Bertz CT molecular complexity index is 1060. The van der Waals surface area contributed by atoms with E-state index in [4.69, 9.17) is 9.47 Å². The van der Waals surface area contributed by atoms with Gasteiger partial charge in [-0.1, -0.05) is 42.5 Å². The molecule has 35 heavy (non-hydrogen) atoms. The normalized spacial score (nSPS) is 24.1. The maximum atomic E-state index is 13.6. The smallest absolute Gasteiger partial charge is 0.349 e. The highest BCUT2D eigenvalue weighted by atomic mass is 32.1.